The Hall–Kier alpha value is -3.38. The van der Waals surface area contributed by atoms with Crippen molar-refractivity contribution in [2.24, 2.45) is 5.92 Å². The monoisotopic (exact) mass is 431 g/mol. The molecule has 1 aliphatic heterocycles. The summed E-state index contributed by atoms with van der Waals surface area (Å²) in [4.78, 5) is 5.76. The zero-order valence-electron chi connectivity index (χ0n) is 18.5. The molecule has 5 rings (SSSR count). The number of fused-ring (bicyclic) bond motifs is 1. The molecule has 166 valence electrons. The summed E-state index contributed by atoms with van der Waals surface area (Å²) in [6.45, 7) is 10.2. The van der Waals surface area contributed by atoms with Crippen molar-refractivity contribution in [3.63, 3.8) is 0 Å². The predicted octanol–water partition coefficient (Wildman–Crippen LogP) is 5.29. The molecule has 0 spiro atoms. The third kappa shape index (κ3) is 5.86. The van der Waals surface area contributed by atoms with E-state index in [4.69, 9.17) is 0 Å². The van der Waals surface area contributed by atoms with E-state index in [-0.39, 0.29) is 5.82 Å². The van der Waals surface area contributed by atoms with E-state index in [1.165, 1.54) is 30.0 Å². The lowest BCUT2D eigenvalue weighted by Gasteiger charge is -2.23. The van der Waals surface area contributed by atoms with E-state index in [0.29, 0.717) is 11.4 Å². The van der Waals surface area contributed by atoms with Crippen molar-refractivity contribution in [3.8, 4) is 5.69 Å². The average molecular weight is 432 g/mol. The van der Waals surface area contributed by atoms with Crippen molar-refractivity contribution in [1.82, 2.24) is 25.3 Å². The second-order valence-corrected chi connectivity index (χ2v) is 7.63. The number of pyridine rings is 1. The first-order valence-electron chi connectivity index (χ1n) is 10.9. The zero-order chi connectivity index (χ0) is 22.8. The topological polar surface area (TPSA) is 55.6 Å². The number of hydrogen-bond acceptors (Lipinski definition) is 4. The van der Waals surface area contributed by atoms with Gasteiger partial charge >= 0.3 is 0 Å². The van der Waals surface area contributed by atoms with E-state index in [2.05, 4.69) is 33.7 Å². The zero-order valence-corrected chi connectivity index (χ0v) is 18.5. The molecule has 2 aromatic carbocycles. The number of para-hydroxylation sites is 2. The maximum atomic E-state index is 13.7. The fourth-order valence-electron chi connectivity index (χ4n) is 3.91. The molecule has 1 unspecified atom stereocenters. The molecule has 0 amide bonds. The predicted molar refractivity (Wildman–Crippen MR) is 128 cm³/mol. The quantitative estimate of drug-likeness (QED) is 0.448. The Morgan fingerprint density at radius 3 is 2.53 bits per heavy atom. The number of hydrogen-bond donors (Lipinski definition) is 1. The summed E-state index contributed by atoms with van der Waals surface area (Å²) in [6.07, 6.45) is 8.57. The van der Waals surface area contributed by atoms with Crippen LogP contribution in [-0.4, -0.2) is 33.1 Å². The highest BCUT2D eigenvalue weighted by molar-refractivity contribution is 5.82. The highest BCUT2D eigenvalue weighted by Gasteiger charge is 2.15. The number of nitrogens with zero attached hydrogens (tertiary/aromatic N) is 4. The van der Waals surface area contributed by atoms with Crippen molar-refractivity contribution >= 4 is 10.9 Å². The summed E-state index contributed by atoms with van der Waals surface area (Å²) < 4.78 is 13.7. The van der Waals surface area contributed by atoms with Gasteiger partial charge in [-0.2, -0.15) is 15.0 Å². The van der Waals surface area contributed by atoms with Crippen LogP contribution in [0.5, 0.6) is 0 Å². The van der Waals surface area contributed by atoms with Gasteiger partial charge in [0, 0.05) is 11.6 Å². The smallest absolute Gasteiger partial charge is 0.149 e. The lowest BCUT2D eigenvalue weighted by atomic mass is 9.91. The van der Waals surface area contributed by atoms with Crippen molar-refractivity contribution in [2.45, 2.75) is 26.2 Å². The van der Waals surface area contributed by atoms with Crippen LogP contribution in [0.3, 0.4) is 0 Å². The Balaban J connectivity index is 0.000000180. The largest absolute Gasteiger partial charge is 0.316 e. The van der Waals surface area contributed by atoms with Gasteiger partial charge in [-0.25, -0.2) is 4.39 Å². The lowest BCUT2D eigenvalue weighted by Crippen LogP contribution is -2.30. The molecule has 2 aromatic heterocycles. The molecule has 3 heterocycles. The Labute approximate surface area is 189 Å². The molecule has 5 nitrogen and oxygen atoms in total. The maximum Gasteiger partial charge on any atom is 0.149 e. The molecule has 0 radical (unpaired) electrons. The van der Waals surface area contributed by atoms with Gasteiger partial charge < -0.3 is 5.32 Å². The molecule has 1 saturated heterocycles. The van der Waals surface area contributed by atoms with Crippen LogP contribution < -0.4 is 5.32 Å². The fourth-order valence-corrected chi connectivity index (χ4v) is 3.91. The molecule has 32 heavy (non-hydrogen) atoms. The normalized spacial score (nSPS) is 15.2. The minimum Gasteiger partial charge on any atom is -0.316 e. The molecule has 6 heteroatoms. The first-order chi connectivity index (χ1) is 15.7. The lowest BCUT2D eigenvalue weighted by molar-refractivity contribution is 0.377. The summed E-state index contributed by atoms with van der Waals surface area (Å²) in [6, 6.07) is 15.2. The second-order valence-electron chi connectivity index (χ2n) is 7.63. The van der Waals surface area contributed by atoms with E-state index >= 15 is 0 Å². The molecular weight excluding hydrogens is 401 g/mol. The van der Waals surface area contributed by atoms with Crippen LogP contribution >= 0.6 is 0 Å². The van der Waals surface area contributed by atoms with Crippen molar-refractivity contribution < 1.29 is 4.39 Å². The van der Waals surface area contributed by atoms with E-state index in [9.17, 15) is 4.39 Å². The first kappa shape index (κ1) is 23.3. The molecule has 1 N–H and O–H groups in total. The average Bonchev–Trinajstić information content (AvgIpc) is 3.37. The van der Waals surface area contributed by atoms with Crippen LogP contribution in [0, 0.1) is 18.7 Å². The fraction of sp³-hybridized carbons (Fsp3) is 0.269. The molecular formula is C26H30FN5. The third-order valence-electron chi connectivity index (χ3n) is 5.47. The Morgan fingerprint density at radius 1 is 1.03 bits per heavy atom. The highest BCUT2D eigenvalue weighted by Crippen LogP contribution is 2.24. The second kappa shape index (κ2) is 11.9. The SMILES string of the molecule is C=C.Cc1ccccc1-n1nccn1.Fc1cccc2c(CC3CCCNC3)ccnc12. The van der Waals surface area contributed by atoms with Crippen LogP contribution in [0.1, 0.15) is 24.0 Å². The number of nitrogens with one attached hydrogen (secondary N) is 1. The molecule has 1 fully saturated rings. The number of piperidine rings is 1. The summed E-state index contributed by atoms with van der Waals surface area (Å²) in [5.41, 5.74) is 3.92. The number of rotatable bonds is 3. The molecule has 0 bridgehead atoms. The Bertz CT molecular complexity index is 1100. The standard InChI is InChI=1S/C15H17FN2.C9H9N3.C2H4/c16-14-5-1-4-13-12(6-8-18-15(13)14)9-11-3-2-7-17-10-11;1-8-4-2-3-5-9(8)12-10-6-7-11-12;1-2/h1,4-6,8,11,17H,2-3,7,9-10H2;2-7H,1H3;1-2H2. The number of benzene rings is 2. The van der Waals surface area contributed by atoms with Crippen molar-refractivity contribution in [2.75, 3.05) is 13.1 Å². The first-order valence-corrected chi connectivity index (χ1v) is 10.9. The van der Waals surface area contributed by atoms with Gasteiger partial charge in [0.15, 0.2) is 0 Å². The van der Waals surface area contributed by atoms with Gasteiger partial charge in [0.2, 0.25) is 0 Å². The number of halogens is 1. The van der Waals surface area contributed by atoms with Crippen molar-refractivity contribution in [1.29, 1.82) is 0 Å². The summed E-state index contributed by atoms with van der Waals surface area (Å²) in [7, 11) is 0. The molecule has 0 aliphatic carbocycles. The van der Waals surface area contributed by atoms with E-state index < -0.39 is 0 Å². The summed E-state index contributed by atoms with van der Waals surface area (Å²) in [5.74, 6) is 0.434. The van der Waals surface area contributed by atoms with Crippen LogP contribution in [0.4, 0.5) is 4.39 Å². The van der Waals surface area contributed by atoms with Gasteiger partial charge in [0.1, 0.15) is 11.3 Å². The van der Waals surface area contributed by atoms with Gasteiger partial charge in [0.25, 0.3) is 0 Å². The summed E-state index contributed by atoms with van der Waals surface area (Å²) >= 11 is 0. The van der Waals surface area contributed by atoms with Crippen LogP contribution in [0.15, 0.2) is 80.3 Å². The van der Waals surface area contributed by atoms with Crippen LogP contribution in [-0.2, 0) is 6.42 Å². The van der Waals surface area contributed by atoms with Gasteiger partial charge in [-0.15, -0.1) is 13.2 Å². The van der Waals surface area contributed by atoms with E-state index in [0.717, 1.165) is 30.6 Å². The third-order valence-corrected chi connectivity index (χ3v) is 5.47. The molecule has 4 aromatic rings. The van der Waals surface area contributed by atoms with Crippen LogP contribution in [0.2, 0.25) is 0 Å². The van der Waals surface area contributed by atoms with E-state index in [1.54, 1.807) is 29.5 Å². The van der Waals surface area contributed by atoms with Gasteiger partial charge in [-0.1, -0.05) is 30.3 Å². The Kier molecular flexibility index (Phi) is 8.63. The van der Waals surface area contributed by atoms with Gasteiger partial charge in [-0.05, 0) is 74.5 Å². The molecule has 1 atom stereocenters. The number of aromatic nitrogens is 4. The highest BCUT2D eigenvalue weighted by atomic mass is 19.1. The number of aryl methyl sites for hydroxylation is 1. The van der Waals surface area contributed by atoms with Gasteiger partial charge in [-0.3, -0.25) is 4.98 Å². The van der Waals surface area contributed by atoms with Crippen molar-refractivity contribution in [3.05, 3.63) is 97.2 Å². The van der Waals surface area contributed by atoms with Gasteiger partial charge in [0.05, 0.1) is 18.1 Å². The molecule has 1 aliphatic rings. The minimum atomic E-state index is -0.226. The van der Waals surface area contributed by atoms with E-state index in [1.807, 2.05) is 43.3 Å². The molecule has 0 saturated carbocycles. The maximum absolute atomic E-state index is 13.7. The van der Waals surface area contributed by atoms with Crippen LogP contribution in [0.25, 0.3) is 16.6 Å². The Morgan fingerprint density at radius 2 is 1.81 bits per heavy atom. The summed E-state index contributed by atoms with van der Waals surface area (Å²) in [5, 5.41) is 12.5. The minimum absolute atomic E-state index is 0.226.